The van der Waals surface area contributed by atoms with Crippen LogP contribution in [0.3, 0.4) is 0 Å². The van der Waals surface area contributed by atoms with Gasteiger partial charge in [-0.2, -0.15) is 4.68 Å². The molecule has 0 spiro atoms. The standard InChI is InChI=1S/C22H22FN5O3/c1-3-12-30-21(29)19-14(2)24-22-25-26-27-28(22)20(19)15-8-10-17(11-9-15)31-13-16-6-4-5-7-18(16)23/h4-11,20H,3,12-13H2,1-2H3,(H,24,25,27). The van der Waals surface area contributed by atoms with Crippen LogP contribution >= 0.6 is 0 Å². The normalized spacial score (nSPS) is 15.3. The third kappa shape index (κ3) is 4.25. The second-order valence-electron chi connectivity index (χ2n) is 7.10. The zero-order valence-electron chi connectivity index (χ0n) is 17.2. The van der Waals surface area contributed by atoms with E-state index in [-0.39, 0.29) is 12.4 Å². The number of carbonyl (C=O) groups is 1. The van der Waals surface area contributed by atoms with Gasteiger partial charge >= 0.3 is 5.97 Å². The number of anilines is 1. The molecule has 0 amide bonds. The summed E-state index contributed by atoms with van der Waals surface area (Å²) in [4.78, 5) is 12.8. The summed E-state index contributed by atoms with van der Waals surface area (Å²) in [5.41, 5.74) is 2.33. The Balaban J connectivity index is 1.59. The minimum Gasteiger partial charge on any atom is -0.489 e. The number of hydrogen-bond acceptors (Lipinski definition) is 7. The molecule has 0 aliphatic carbocycles. The Hall–Kier alpha value is -3.75. The number of benzene rings is 2. The van der Waals surface area contributed by atoms with E-state index >= 15 is 0 Å². The average Bonchev–Trinajstić information content (AvgIpc) is 3.24. The molecule has 1 aliphatic heterocycles. The van der Waals surface area contributed by atoms with Gasteiger partial charge in [-0.1, -0.05) is 42.4 Å². The Labute approximate surface area is 178 Å². The second kappa shape index (κ2) is 8.95. The summed E-state index contributed by atoms with van der Waals surface area (Å²) in [5, 5.41) is 14.8. The molecule has 9 heteroatoms. The van der Waals surface area contributed by atoms with E-state index in [4.69, 9.17) is 9.47 Å². The first kappa shape index (κ1) is 20.5. The van der Waals surface area contributed by atoms with E-state index in [1.165, 1.54) is 6.07 Å². The molecule has 2 aromatic carbocycles. The van der Waals surface area contributed by atoms with Crippen molar-refractivity contribution in [2.75, 3.05) is 11.9 Å². The van der Waals surface area contributed by atoms with Gasteiger partial charge < -0.3 is 14.8 Å². The number of nitrogens with one attached hydrogen (secondary N) is 1. The first-order valence-corrected chi connectivity index (χ1v) is 9.97. The van der Waals surface area contributed by atoms with Crippen molar-refractivity contribution in [1.82, 2.24) is 20.2 Å². The molecular formula is C22H22FN5O3. The number of fused-ring (bicyclic) bond motifs is 1. The van der Waals surface area contributed by atoms with Gasteiger partial charge in [0, 0.05) is 11.3 Å². The van der Waals surface area contributed by atoms with Gasteiger partial charge in [-0.25, -0.2) is 9.18 Å². The topological polar surface area (TPSA) is 91.2 Å². The molecule has 3 aromatic rings. The van der Waals surface area contributed by atoms with Crippen molar-refractivity contribution in [3.8, 4) is 5.75 Å². The van der Waals surface area contributed by atoms with Crippen LogP contribution in [0.15, 0.2) is 59.8 Å². The minimum atomic E-state index is -0.545. The molecule has 1 N–H and O–H groups in total. The molecular weight excluding hydrogens is 401 g/mol. The number of aromatic nitrogens is 4. The molecule has 2 heterocycles. The van der Waals surface area contributed by atoms with Crippen LogP contribution in [-0.2, 0) is 16.1 Å². The number of tetrazole rings is 1. The van der Waals surface area contributed by atoms with Gasteiger partial charge in [0.2, 0.25) is 5.95 Å². The summed E-state index contributed by atoms with van der Waals surface area (Å²) in [6, 6.07) is 13.1. The Morgan fingerprint density at radius 2 is 1.97 bits per heavy atom. The molecule has 0 saturated heterocycles. The number of esters is 1. The van der Waals surface area contributed by atoms with Crippen LogP contribution in [0.1, 0.15) is 37.4 Å². The van der Waals surface area contributed by atoms with Crippen LogP contribution in [0.2, 0.25) is 0 Å². The van der Waals surface area contributed by atoms with Gasteiger partial charge in [-0.3, -0.25) is 0 Å². The maximum Gasteiger partial charge on any atom is 0.338 e. The zero-order chi connectivity index (χ0) is 21.8. The van der Waals surface area contributed by atoms with Crippen LogP contribution in [0, 0.1) is 5.82 Å². The molecule has 31 heavy (non-hydrogen) atoms. The van der Waals surface area contributed by atoms with E-state index in [9.17, 15) is 9.18 Å². The summed E-state index contributed by atoms with van der Waals surface area (Å²) in [7, 11) is 0. The van der Waals surface area contributed by atoms with E-state index in [2.05, 4.69) is 20.8 Å². The van der Waals surface area contributed by atoms with Crippen molar-refractivity contribution in [3.05, 3.63) is 76.7 Å². The number of halogens is 1. The monoisotopic (exact) mass is 423 g/mol. The number of allylic oxidation sites excluding steroid dienone is 1. The van der Waals surface area contributed by atoms with Gasteiger partial charge in [-0.05, 0) is 47.5 Å². The quantitative estimate of drug-likeness (QED) is 0.580. The first-order chi connectivity index (χ1) is 15.1. The number of ether oxygens (including phenoxy) is 2. The Morgan fingerprint density at radius 3 is 2.71 bits per heavy atom. The second-order valence-corrected chi connectivity index (χ2v) is 7.10. The summed E-state index contributed by atoms with van der Waals surface area (Å²) >= 11 is 0. The fourth-order valence-corrected chi connectivity index (χ4v) is 3.38. The zero-order valence-corrected chi connectivity index (χ0v) is 17.2. The molecule has 1 unspecified atom stereocenters. The summed E-state index contributed by atoms with van der Waals surface area (Å²) in [5.74, 6) is 0.289. The van der Waals surface area contributed by atoms with Gasteiger partial charge in [-0.15, -0.1) is 0 Å². The fraction of sp³-hybridized carbons (Fsp3) is 0.273. The van der Waals surface area contributed by atoms with Crippen molar-refractivity contribution in [1.29, 1.82) is 0 Å². The predicted octanol–water partition coefficient (Wildman–Crippen LogP) is 3.63. The van der Waals surface area contributed by atoms with Gasteiger partial charge in [0.1, 0.15) is 24.2 Å². The molecule has 1 aliphatic rings. The highest BCUT2D eigenvalue weighted by molar-refractivity contribution is 5.92. The molecule has 8 nitrogen and oxygen atoms in total. The molecule has 1 aromatic heterocycles. The van der Waals surface area contributed by atoms with E-state index in [0.717, 1.165) is 12.0 Å². The number of carbonyl (C=O) groups excluding carboxylic acids is 1. The Bertz CT molecular complexity index is 1110. The van der Waals surface area contributed by atoms with Gasteiger partial charge in [0.05, 0.1) is 12.2 Å². The van der Waals surface area contributed by atoms with Crippen LogP contribution in [-0.4, -0.2) is 32.8 Å². The van der Waals surface area contributed by atoms with Crippen molar-refractivity contribution in [2.45, 2.75) is 32.9 Å². The van der Waals surface area contributed by atoms with Gasteiger partial charge in [0.25, 0.3) is 0 Å². The maximum absolute atomic E-state index is 13.8. The molecule has 0 saturated carbocycles. The van der Waals surface area contributed by atoms with Crippen LogP contribution in [0.4, 0.5) is 10.3 Å². The van der Waals surface area contributed by atoms with Crippen molar-refractivity contribution in [2.24, 2.45) is 0 Å². The van der Waals surface area contributed by atoms with E-state index < -0.39 is 12.0 Å². The highest BCUT2D eigenvalue weighted by atomic mass is 19.1. The molecule has 4 rings (SSSR count). The predicted molar refractivity (Wildman–Crippen MR) is 111 cm³/mol. The van der Waals surface area contributed by atoms with E-state index in [1.807, 2.05) is 19.1 Å². The lowest BCUT2D eigenvalue weighted by Crippen LogP contribution is -2.29. The summed E-state index contributed by atoms with van der Waals surface area (Å²) in [6.45, 7) is 4.17. The molecule has 0 bridgehead atoms. The van der Waals surface area contributed by atoms with Crippen LogP contribution in [0.5, 0.6) is 5.75 Å². The molecule has 1 atom stereocenters. The lowest BCUT2D eigenvalue weighted by atomic mass is 9.96. The maximum atomic E-state index is 13.8. The first-order valence-electron chi connectivity index (χ1n) is 9.97. The van der Waals surface area contributed by atoms with E-state index in [0.29, 0.717) is 35.1 Å². The molecule has 0 radical (unpaired) electrons. The lowest BCUT2D eigenvalue weighted by Gasteiger charge is -2.27. The summed E-state index contributed by atoms with van der Waals surface area (Å²) in [6.07, 6.45) is 0.723. The number of hydrogen-bond donors (Lipinski definition) is 1. The van der Waals surface area contributed by atoms with Crippen molar-refractivity contribution in [3.63, 3.8) is 0 Å². The lowest BCUT2D eigenvalue weighted by molar-refractivity contribution is -0.139. The Morgan fingerprint density at radius 1 is 1.19 bits per heavy atom. The molecule has 160 valence electrons. The van der Waals surface area contributed by atoms with Crippen molar-refractivity contribution >= 4 is 11.9 Å². The third-order valence-corrected chi connectivity index (χ3v) is 4.92. The third-order valence-electron chi connectivity index (χ3n) is 4.92. The highest BCUT2D eigenvalue weighted by Gasteiger charge is 2.34. The van der Waals surface area contributed by atoms with Crippen molar-refractivity contribution < 1.29 is 18.7 Å². The number of rotatable bonds is 7. The largest absolute Gasteiger partial charge is 0.489 e. The van der Waals surface area contributed by atoms with Gasteiger partial charge in [0.15, 0.2) is 0 Å². The van der Waals surface area contributed by atoms with E-state index in [1.54, 1.807) is 41.9 Å². The average molecular weight is 423 g/mol. The number of nitrogens with zero attached hydrogens (tertiary/aromatic N) is 4. The highest BCUT2D eigenvalue weighted by Crippen LogP contribution is 2.35. The summed E-state index contributed by atoms with van der Waals surface area (Å²) < 4.78 is 26.4. The molecule has 0 fully saturated rings. The minimum absolute atomic E-state index is 0.115. The smallest absolute Gasteiger partial charge is 0.338 e. The van der Waals surface area contributed by atoms with Crippen LogP contribution in [0.25, 0.3) is 0 Å². The van der Waals surface area contributed by atoms with Crippen LogP contribution < -0.4 is 10.1 Å². The SMILES string of the molecule is CCCOC(=O)C1=C(C)Nc2nnnn2C1c1ccc(OCc2ccccc2F)cc1. The fourth-order valence-electron chi connectivity index (χ4n) is 3.38. The Kier molecular flexibility index (Phi) is 5.92.